The number of anilines is 1. The van der Waals surface area contributed by atoms with Gasteiger partial charge < -0.3 is 5.32 Å². The first-order chi connectivity index (χ1) is 8.25. The van der Waals surface area contributed by atoms with Crippen molar-refractivity contribution >= 4 is 5.69 Å². The van der Waals surface area contributed by atoms with Crippen LogP contribution in [0.5, 0.6) is 0 Å². The number of hydrogen-bond donors (Lipinski definition) is 1. The van der Waals surface area contributed by atoms with Crippen LogP contribution in [0.15, 0.2) is 29.8 Å². The van der Waals surface area contributed by atoms with Crippen LogP contribution in [0, 0.1) is 13.8 Å². The lowest BCUT2D eigenvalue weighted by atomic mass is 9.97. The summed E-state index contributed by atoms with van der Waals surface area (Å²) in [4.78, 5) is 0. The SMILES string of the molecule is Cc1ccc(C)c(NCCC2=CCCCC2)c1. The number of aryl methyl sites for hydroxylation is 2. The summed E-state index contributed by atoms with van der Waals surface area (Å²) in [5, 5.41) is 3.56. The summed E-state index contributed by atoms with van der Waals surface area (Å²) in [6.45, 7) is 5.38. The molecule has 0 atom stereocenters. The van der Waals surface area contributed by atoms with Gasteiger partial charge in [-0.25, -0.2) is 0 Å². The van der Waals surface area contributed by atoms with E-state index in [0.29, 0.717) is 0 Å². The highest BCUT2D eigenvalue weighted by Gasteiger charge is 2.03. The Hall–Kier alpha value is -1.24. The van der Waals surface area contributed by atoms with E-state index in [1.165, 1.54) is 48.9 Å². The molecule has 0 aromatic heterocycles. The first-order valence-electron chi connectivity index (χ1n) is 6.75. The Kier molecular flexibility index (Phi) is 4.24. The molecule has 2 rings (SSSR count). The number of nitrogens with one attached hydrogen (secondary N) is 1. The topological polar surface area (TPSA) is 12.0 Å². The molecule has 17 heavy (non-hydrogen) atoms. The molecule has 1 nitrogen and oxygen atoms in total. The molecule has 0 spiro atoms. The molecule has 1 aromatic carbocycles. The van der Waals surface area contributed by atoms with Crippen molar-refractivity contribution in [2.24, 2.45) is 0 Å². The van der Waals surface area contributed by atoms with Gasteiger partial charge in [-0.1, -0.05) is 23.8 Å². The third-order valence-corrected chi connectivity index (χ3v) is 3.54. The maximum atomic E-state index is 3.56. The molecule has 0 bridgehead atoms. The van der Waals surface area contributed by atoms with Crippen molar-refractivity contribution in [2.45, 2.75) is 46.0 Å². The second kappa shape index (κ2) is 5.90. The van der Waals surface area contributed by atoms with Crippen molar-refractivity contribution in [3.8, 4) is 0 Å². The number of benzene rings is 1. The van der Waals surface area contributed by atoms with E-state index in [4.69, 9.17) is 0 Å². The van der Waals surface area contributed by atoms with Crippen LogP contribution in [0.1, 0.15) is 43.2 Å². The van der Waals surface area contributed by atoms with E-state index in [1.54, 1.807) is 5.57 Å². The monoisotopic (exact) mass is 229 g/mol. The van der Waals surface area contributed by atoms with Gasteiger partial charge >= 0.3 is 0 Å². The second-order valence-corrected chi connectivity index (χ2v) is 5.10. The number of rotatable bonds is 4. The first-order valence-corrected chi connectivity index (χ1v) is 6.75. The maximum absolute atomic E-state index is 3.56. The van der Waals surface area contributed by atoms with Crippen LogP contribution in [0.3, 0.4) is 0 Å². The highest BCUT2D eigenvalue weighted by atomic mass is 14.9. The van der Waals surface area contributed by atoms with Crippen LogP contribution < -0.4 is 5.32 Å². The van der Waals surface area contributed by atoms with Crippen LogP contribution in [0.4, 0.5) is 5.69 Å². The Balaban J connectivity index is 1.85. The molecule has 1 aliphatic rings. The number of allylic oxidation sites excluding steroid dienone is 1. The second-order valence-electron chi connectivity index (χ2n) is 5.10. The predicted molar refractivity (Wildman–Crippen MR) is 75.6 cm³/mol. The zero-order valence-corrected chi connectivity index (χ0v) is 11.1. The van der Waals surface area contributed by atoms with Crippen molar-refractivity contribution in [1.29, 1.82) is 0 Å². The average Bonchev–Trinajstić information content (AvgIpc) is 2.35. The summed E-state index contributed by atoms with van der Waals surface area (Å²) in [6, 6.07) is 6.60. The molecule has 0 unspecified atom stereocenters. The smallest absolute Gasteiger partial charge is 0.0372 e. The predicted octanol–water partition coefficient (Wildman–Crippen LogP) is 4.61. The molecular weight excluding hydrogens is 206 g/mol. The summed E-state index contributed by atoms with van der Waals surface area (Å²) >= 11 is 0. The van der Waals surface area contributed by atoms with Gasteiger partial charge in [0.2, 0.25) is 0 Å². The highest BCUT2D eigenvalue weighted by Crippen LogP contribution is 2.21. The molecule has 1 aromatic rings. The summed E-state index contributed by atoms with van der Waals surface area (Å²) < 4.78 is 0. The molecule has 1 aliphatic carbocycles. The largest absolute Gasteiger partial charge is 0.385 e. The highest BCUT2D eigenvalue weighted by molar-refractivity contribution is 5.52. The van der Waals surface area contributed by atoms with E-state index in [2.05, 4.69) is 43.4 Å². The van der Waals surface area contributed by atoms with Crippen LogP contribution in [-0.4, -0.2) is 6.54 Å². The van der Waals surface area contributed by atoms with Crippen molar-refractivity contribution in [2.75, 3.05) is 11.9 Å². The van der Waals surface area contributed by atoms with E-state index in [0.717, 1.165) is 6.54 Å². The summed E-state index contributed by atoms with van der Waals surface area (Å²) in [6.07, 6.45) is 9.01. The fourth-order valence-corrected chi connectivity index (χ4v) is 2.42. The fourth-order valence-electron chi connectivity index (χ4n) is 2.42. The minimum Gasteiger partial charge on any atom is -0.385 e. The maximum Gasteiger partial charge on any atom is 0.0372 e. The standard InChI is InChI=1S/C16H23N/c1-13-8-9-14(2)16(12-13)17-11-10-15-6-4-3-5-7-15/h6,8-9,12,17H,3-5,7,10-11H2,1-2H3. The molecule has 1 N–H and O–H groups in total. The van der Waals surface area contributed by atoms with Gasteiger partial charge in [-0.3, -0.25) is 0 Å². The lowest BCUT2D eigenvalue weighted by molar-refractivity contribution is 0.679. The van der Waals surface area contributed by atoms with Crippen molar-refractivity contribution in [3.05, 3.63) is 41.0 Å². The van der Waals surface area contributed by atoms with E-state index in [-0.39, 0.29) is 0 Å². The van der Waals surface area contributed by atoms with E-state index in [1.807, 2.05) is 0 Å². The van der Waals surface area contributed by atoms with Crippen molar-refractivity contribution < 1.29 is 0 Å². The van der Waals surface area contributed by atoms with Crippen molar-refractivity contribution in [3.63, 3.8) is 0 Å². The molecule has 0 saturated carbocycles. The van der Waals surface area contributed by atoms with Gasteiger partial charge in [0.15, 0.2) is 0 Å². The van der Waals surface area contributed by atoms with Gasteiger partial charge in [-0.05, 0) is 63.1 Å². The third-order valence-electron chi connectivity index (χ3n) is 3.54. The Morgan fingerprint density at radius 1 is 1.18 bits per heavy atom. The van der Waals surface area contributed by atoms with Crippen LogP contribution >= 0.6 is 0 Å². The van der Waals surface area contributed by atoms with Crippen molar-refractivity contribution in [1.82, 2.24) is 0 Å². The minimum absolute atomic E-state index is 1.07. The lowest BCUT2D eigenvalue weighted by Crippen LogP contribution is -2.05. The molecule has 0 heterocycles. The van der Waals surface area contributed by atoms with Crippen LogP contribution in [0.2, 0.25) is 0 Å². The summed E-state index contributed by atoms with van der Waals surface area (Å²) in [5.74, 6) is 0. The van der Waals surface area contributed by atoms with Gasteiger partial charge in [-0.2, -0.15) is 0 Å². The third kappa shape index (κ3) is 3.62. The molecule has 0 saturated heterocycles. The summed E-state index contributed by atoms with van der Waals surface area (Å²) in [7, 11) is 0. The minimum atomic E-state index is 1.07. The van der Waals surface area contributed by atoms with Crippen LogP contribution in [-0.2, 0) is 0 Å². The molecule has 0 fully saturated rings. The molecule has 0 radical (unpaired) electrons. The average molecular weight is 229 g/mol. The van der Waals surface area contributed by atoms with Gasteiger partial charge in [0.05, 0.1) is 0 Å². The Bertz CT molecular complexity index is 404. The quantitative estimate of drug-likeness (QED) is 0.744. The van der Waals surface area contributed by atoms with Gasteiger partial charge in [0.1, 0.15) is 0 Å². The van der Waals surface area contributed by atoms with E-state index in [9.17, 15) is 0 Å². The van der Waals surface area contributed by atoms with Crippen LogP contribution in [0.25, 0.3) is 0 Å². The number of hydrogen-bond acceptors (Lipinski definition) is 1. The zero-order valence-electron chi connectivity index (χ0n) is 11.1. The Morgan fingerprint density at radius 3 is 2.82 bits per heavy atom. The van der Waals surface area contributed by atoms with Gasteiger partial charge in [0, 0.05) is 12.2 Å². The molecular formula is C16H23N. The fraction of sp³-hybridized carbons (Fsp3) is 0.500. The van der Waals surface area contributed by atoms with E-state index >= 15 is 0 Å². The molecule has 0 aliphatic heterocycles. The van der Waals surface area contributed by atoms with Gasteiger partial charge in [-0.15, -0.1) is 0 Å². The first kappa shape index (κ1) is 12.2. The normalized spacial score (nSPS) is 15.5. The zero-order chi connectivity index (χ0) is 12.1. The molecule has 92 valence electrons. The Morgan fingerprint density at radius 2 is 2.06 bits per heavy atom. The molecule has 0 amide bonds. The van der Waals surface area contributed by atoms with Gasteiger partial charge in [0.25, 0.3) is 0 Å². The molecule has 1 heteroatoms. The Labute approximate surface area is 105 Å². The summed E-state index contributed by atoms with van der Waals surface area (Å²) in [5.41, 5.74) is 5.61. The van der Waals surface area contributed by atoms with E-state index < -0.39 is 0 Å². The lowest BCUT2D eigenvalue weighted by Gasteiger charge is -2.14.